The van der Waals surface area contributed by atoms with Crippen LogP contribution in [-0.4, -0.2) is 63.8 Å². The minimum Gasteiger partial charge on any atom is -0.495 e. The fourth-order valence-electron chi connectivity index (χ4n) is 4.79. The molecule has 2 unspecified atom stereocenters. The molecule has 2 N–H and O–H groups in total. The van der Waals surface area contributed by atoms with Gasteiger partial charge in [-0.05, 0) is 69.5 Å². The quantitative estimate of drug-likeness (QED) is 0.461. The predicted octanol–water partition coefficient (Wildman–Crippen LogP) is 3.51. The zero-order chi connectivity index (χ0) is 22.2. The summed E-state index contributed by atoms with van der Waals surface area (Å²) in [7, 11) is 1.74. The molecule has 1 aromatic heterocycles. The van der Waals surface area contributed by atoms with Gasteiger partial charge in [0.2, 0.25) is 0 Å². The molecule has 0 amide bonds. The number of aliphatic imine (C=N–C) groups is 1. The van der Waals surface area contributed by atoms with E-state index in [9.17, 15) is 0 Å². The number of benzene rings is 1. The molecule has 2 saturated heterocycles. The van der Waals surface area contributed by atoms with Gasteiger partial charge < -0.3 is 24.7 Å². The van der Waals surface area contributed by atoms with Gasteiger partial charge in [0.05, 0.1) is 31.6 Å². The van der Waals surface area contributed by atoms with Crippen LogP contribution in [0.25, 0.3) is 0 Å². The number of ether oxygens (including phenoxy) is 1. The topological polar surface area (TPSA) is 65.3 Å². The molecule has 174 valence electrons. The first kappa shape index (κ1) is 22.5. The van der Waals surface area contributed by atoms with Gasteiger partial charge in [-0.3, -0.25) is 9.89 Å². The monoisotopic (exact) mass is 439 g/mol. The van der Waals surface area contributed by atoms with Gasteiger partial charge in [-0.2, -0.15) is 0 Å². The van der Waals surface area contributed by atoms with Crippen LogP contribution in [0, 0.1) is 5.92 Å². The Kier molecular flexibility index (Phi) is 7.93. The van der Waals surface area contributed by atoms with Gasteiger partial charge in [0.1, 0.15) is 11.5 Å². The minimum atomic E-state index is 0.204. The third-order valence-electron chi connectivity index (χ3n) is 6.49. The van der Waals surface area contributed by atoms with Crippen molar-refractivity contribution in [3.63, 3.8) is 0 Å². The van der Waals surface area contributed by atoms with E-state index in [-0.39, 0.29) is 6.04 Å². The van der Waals surface area contributed by atoms with Gasteiger partial charge in [0.25, 0.3) is 0 Å². The molecule has 0 bridgehead atoms. The minimum absolute atomic E-state index is 0.204. The predicted molar refractivity (Wildman–Crippen MR) is 130 cm³/mol. The number of guanidine groups is 1. The van der Waals surface area contributed by atoms with E-state index in [1.54, 1.807) is 13.4 Å². The van der Waals surface area contributed by atoms with Crippen LogP contribution in [-0.2, 0) is 0 Å². The van der Waals surface area contributed by atoms with Crippen molar-refractivity contribution in [1.82, 2.24) is 15.5 Å². The van der Waals surface area contributed by atoms with E-state index in [0.29, 0.717) is 12.5 Å². The Morgan fingerprint density at radius 3 is 2.75 bits per heavy atom. The first-order valence-corrected chi connectivity index (χ1v) is 12.0. The molecule has 32 heavy (non-hydrogen) atoms. The first-order chi connectivity index (χ1) is 15.8. The van der Waals surface area contributed by atoms with Crippen molar-refractivity contribution in [1.29, 1.82) is 0 Å². The average molecular weight is 440 g/mol. The molecule has 0 saturated carbocycles. The van der Waals surface area contributed by atoms with E-state index < -0.39 is 0 Å². The summed E-state index contributed by atoms with van der Waals surface area (Å²) >= 11 is 0. The van der Waals surface area contributed by atoms with Crippen LogP contribution in [0.2, 0.25) is 0 Å². The standard InChI is InChI=1S/C25H37N5O2/c1-3-26-25(28-18-22(24-11-8-16-32-24)29-13-6-7-14-29)27-17-20-12-15-30(19-20)21-9-4-5-10-23(21)31-2/h4-5,8-11,16,20,22H,3,6-7,12-15,17-19H2,1-2H3,(H2,26,27,28). The molecule has 2 aliphatic rings. The molecule has 3 heterocycles. The van der Waals surface area contributed by atoms with E-state index in [2.05, 4.69) is 45.6 Å². The highest BCUT2D eigenvalue weighted by Gasteiger charge is 2.26. The Balaban J connectivity index is 1.34. The van der Waals surface area contributed by atoms with Gasteiger partial charge in [-0.15, -0.1) is 0 Å². The van der Waals surface area contributed by atoms with Crippen LogP contribution in [0.1, 0.15) is 38.0 Å². The van der Waals surface area contributed by atoms with Crippen LogP contribution in [0.3, 0.4) is 0 Å². The molecular weight excluding hydrogens is 402 g/mol. The van der Waals surface area contributed by atoms with E-state index in [1.807, 2.05) is 18.2 Å². The van der Waals surface area contributed by atoms with Crippen LogP contribution in [0.15, 0.2) is 52.1 Å². The number of likely N-dealkylation sites (tertiary alicyclic amines) is 1. The molecule has 0 radical (unpaired) electrons. The van der Waals surface area contributed by atoms with Gasteiger partial charge in [0.15, 0.2) is 5.96 Å². The molecule has 0 spiro atoms. The van der Waals surface area contributed by atoms with Crippen molar-refractivity contribution in [2.24, 2.45) is 10.9 Å². The van der Waals surface area contributed by atoms with Crippen molar-refractivity contribution >= 4 is 11.6 Å². The molecule has 2 aromatic rings. The number of nitrogens with zero attached hydrogens (tertiary/aromatic N) is 3. The summed E-state index contributed by atoms with van der Waals surface area (Å²) in [4.78, 5) is 9.86. The zero-order valence-corrected chi connectivity index (χ0v) is 19.4. The maximum Gasteiger partial charge on any atom is 0.191 e. The Bertz CT molecular complexity index is 848. The van der Waals surface area contributed by atoms with E-state index in [0.717, 1.165) is 63.2 Å². The molecule has 0 aliphatic carbocycles. The number of para-hydroxylation sites is 2. The lowest BCUT2D eigenvalue weighted by molar-refractivity contribution is 0.221. The summed E-state index contributed by atoms with van der Waals surface area (Å²) in [6.45, 7) is 8.87. The largest absolute Gasteiger partial charge is 0.495 e. The molecule has 2 atom stereocenters. The Morgan fingerprint density at radius 2 is 2.00 bits per heavy atom. The third kappa shape index (κ3) is 5.57. The molecule has 4 rings (SSSR count). The number of rotatable bonds is 9. The molecule has 7 heteroatoms. The van der Waals surface area contributed by atoms with Gasteiger partial charge in [0, 0.05) is 26.2 Å². The number of furan rings is 1. The molecule has 2 fully saturated rings. The van der Waals surface area contributed by atoms with Gasteiger partial charge in [-0.25, -0.2) is 0 Å². The first-order valence-electron chi connectivity index (χ1n) is 12.0. The maximum atomic E-state index is 5.75. The summed E-state index contributed by atoms with van der Waals surface area (Å²) in [6, 6.07) is 12.5. The lowest BCUT2D eigenvalue weighted by atomic mass is 10.1. The fourth-order valence-corrected chi connectivity index (χ4v) is 4.79. The van der Waals surface area contributed by atoms with E-state index in [4.69, 9.17) is 14.1 Å². The second-order valence-corrected chi connectivity index (χ2v) is 8.65. The van der Waals surface area contributed by atoms with Crippen molar-refractivity contribution in [2.45, 2.75) is 32.2 Å². The molecule has 7 nitrogen and oxygen atoms in total. The second kappa shape index (κ2) is 11.3. The summed E-state index contributed by atoms with van der Waals surface area (Å²) in [5.74, 6) is 3.42. The normalized spacial score (nSPS) is 20.5. The van der Waals surface area contributed by atoms with Crippen molar-refractivity contribution in [2.75, 3.05) is 57.8 Å². The zero-order valence-electron chi connectivity index (χ0n) is 19.4. The summed E-state index contributed by atoms with van der Waals surface area (Å²) in [5, 5.41) is 7.00. The highest BCUT2D eigenvalue weighted by molar-refractivity contribution is 5.79. The van der Waals surface area contributed by atoms with Gasteiger partial charge in [-0.1, -0.05) is 12.1 Å². The maximum absolute atomic E-state index is 5.75. The SMILES string of the molecule is CCNC(=NCC(c1ccco1)N1CCCC1)NCC1CCN(c2ccccc2OC)C1. The average Bonchev–Trinajstić information content (AvgIpc) is 3.61. The summed E-state index contributed by atoms with van der Waals surface area (Å²) in [6.07, 6.45) is 5.43. The van der Waals surface area contributed by atoms with Crippen molar-refractivity contribution in [3.05, 3.63) is 48.4 Å². The number of anilines is 1. The van der Waals surface area contributed by atoms with E-state index in [1.165, 1.54) is 18.5 Å². The lowest BCUT2D eigenvalue weighted by Gasteiger charge is -2.25. The van der Waals surface area contributed by atoms with Crippen LogP contribution < -0.4 is 20.3 Å². The van der Waals surface area contributed by atoms with Gasteiger partial charge >= 0.3 is 0 Å². The lowest BCUT2D eigenvalue weighted by Crippen LogP contribution is -2.41. The van der Waals surface area contributed by atoms with Crippen molar-refractivity contribution < 1.29 is 9.15 Å². The van der Waals surface area contributed by atoms with E-state index >= 15 is 0 Å². The highest BCUT2D eigenvalue weighted by Crippen LogP contribution is 2.31. The van der Waals surface area contributed by atoms with Crippen LogP contribution in [0.5, 0.6) is 5.75 Å². The smallest absolute Gasteiger partial charge is 0.191 e. The second-order valence-electron chi connectivity index (χ2n) is 8.65. The number of nitrogens with one attached hydrogen (secondary N) is 2. The summed E-state index contributed by atoms with van der Waals surface area (Å²) < 4.78 is 11.3. The van der Waals surface area contributed by atoms with Crippen LogP contribution in [0.4, 0.5) is 5.69 Å². The molecule has 1 aromatic carbocycles. The van der Waals surface area contributed by atoms with Crippen molar-refractivity contribution in [3.8, 4) is 5.75 Å². The number of methoxy groups -OCH3 is 1. The molecule has 2 aliphatic heterocycles. The molecular formula is C25H37N5O2. The Labute approximate surface area is 191 Å². The Morgan fingerprint density at radius 1 is 1.16 bits per heavy atom. The fraction of sp³-hybridized carbons (Fsp3) is 0.560. The highest BCUT2D eigenvalue weighted by atomic mass is 16.5. The van der Waals surface area contributed by atoms with Crippen LogP contribution >= 0.6 is 0 Å². The summed E-state index contributed by atoms with van der Waals surface area (Å²) in [5.41, 5.74) is 1.19. The number of hydrogen-bond donors (Lipinski definition) is 2. The Hall–Kier alpha value is -2.67. The third-order valence-corrected chi connectivity index (χ3v) is 6.49. The number of hydrogen-bond acceptors (Lipinski definition) is 5.